The van der Waals surface area contributed by atoms with E-state index < -0.39 is 12.6 Å². The van der Waals surface area contributed by atoms with Crippen molar-refractivity contribution < 1.29 is 13.9 Å². The van der Waals surface area contributed by atoms with E-state index in [1.165, 1.54) is 0 Å². The van der Waals surface area contributed by atoms with Gasteiger partial charge in [-0.05, 0) is 22.9 Å². The number of fused-ring (bicyclic) bond motifs is 1. The Bertz CT molecular complexity index is 494. The van der Waals surface area contributed by atoms with E-state index >= 15 is 0 Å². The third kappa shape index (κ3) is 2.13. The molecule has 0 radical (unpaired) electrons. The summed E-state index contributed by atoms with van der Waals surface area (Å²) in [6, 6.07) is 12.9. The topological polar surface area (TPSA) is 26.3 Å². The highest BCUT2D eigenvalue weighted by molar-refractivity contribution is 5.84. The molecular formula is C12H9FO2. The van der Waals surface area contributed by atoms with Crippen LogP contribution in [-0.2, 0) is 4.79 Å². The van der Waals surface area contributed by atoms with Gasteiger partial charge in [-0.1, -0.05) is 30.3 Å². The van der Waals surface area contributed by atoms with Gasteiger partial charge in [-0.25, -0.2) is 9.18 Å². The number of benzene rings is 2. The smallest absolute Gasteiger partial charge is 0.342 e. The van der Waals surface area contributed by atoms with Crippen molar-refractivity contribution >= 4 is 16.7 Å². The van der Waals surface area contributed by atoms with Crippen LogP contribution < -0.4 is 4.74 Å². The Morgan fingerprint density at radius 3 is 2.60 bits per heavy atom. The molecule has 2 rings (SSSR count). The lowest BCUT2D eigenvalue weighted by molar-refractivity contribution is -0.135. The number of carbonyl (C=O) groups is 1. The molecule has 0 fully saturated rings. The number of carbonyl (C=O) groups excluding carboxylic acids is 1. The van der Waals surface area contributed by atoms with Gasteiger partial charge in [0.15, 0.2) is 6.67 Å². The first-order valence-electron chi connectivity index (χ1n) is 4.55. The van der Waals surface area contributed by atoms with Gasteiger partial charge in [0, 0.05) is 0 Å². The summed E-state index contributed by atoms with van der Waals surface area (Å²) in [6.45, 7) is -1.10. The monoisotopic (exact) mass is 204 g/mol. The summed E-state index contributed by atoms with van der Waals surface area (Å²) in [5, 5.41) is 2.01. The van der Waals surface area contributed by atoms with E-state index in [9.17, 15) is 9.18 Å². The molecule has 0 aliphatic carbocycles. The summed E-state index contributed by atoms with van der Waals surface area (Å²) in [7, 11) is 0. The predicted octanol–water partition coefficient (Wildman–Crippen LogP) is 2.71. The number of rotatable bonds is 2. The zero-order valence-corrected chi connectivity index (χ0v) is 7.94. The Morgan fingerprint density at radius 2 is 1.87 bits per heavy atom. The molecular weight excluding hydrogens is 195 g/mol. The van der Waals surface area contributed by atoms with E-state index in [0.717, 1.165) is 10.8 Å². The second-order valence-corrected chi connectivity index (χ2v) is 3.12. The molecule has 2 aromatic carbocycles. The van der Waals surface area contributed by atoms with Crippen molar-refractivity contribution in [3.05, 3.63) is 42.5 Å². The molecule has 0 heterocycles. The fourth-order valence-corrected chi connectivity index (χ4v) is 1.39. The van der Waals surface area contributed by atoms with Gasteiger partial charge in [0.1, 0.15) is 5.75 Å². The molecule has 76 valence electrons. The first kappa shape index (κ1) is 9.65. The number of ether oxygens (including phenoxy) is 1. The Labute approximate surface area is 86.3 Å². The van der Waals surface area contributed by atoms with Gasteiger partial charge >= 0.3 is 5.97 Å². The highest BCUT2D eigenvalue weighted by Crippen LogP contribution is 2.20. The molecule has 0 N–H and O–H groups in total. The lowest BCUT2D eigenvalue weighted by atomic mass is 10.1. The van der Waals surface area contributed by atoms with Crippen molar-refractivity contribution in [1.82, 2.24) is 0 Å². The molecule has 0 aliphatic rings. The average Bonchev–Trinajstić information content (AvgIpc) is 2.29. The van der Waals surface area contributed by atoms with Gasteiger partial charge in [-0.3, -0.25) is 0 Å². The van der Waals surface area contributed by atoms with Gasteiger partial charge in [-0.2, -0.15) is 0 Å². The Balaban J connectivity index is 2.34. The molecule has 2 nitrogen and oxygen atoms in total. The molecule has 3 heteroatoms. The summed E-state index contributed by atoms with van der Waals surface area (Å²) in [5.41, 5.74) is 0. The summed E-state index contributed by atoms with van der Waals surface area (Å²) in [4.78, 5) is 10.7. The fourth-order valence-electron chi connectivity index (χ4n) is 1.39. The summed E-state index contributed by atoms with van der Waals surface area (Å²) in [6.07, 6.45) is 0. The molecule has 0 saturated carbocycles. The minimum absolute atomic E-state index is 0.372. The molecule has 0 atom stereocenters. The lowest BCUT2D eigenvalue weighted by Crippen LogP contribution is -2.09. The van der Waals surface area contributed by atoms with Crippen molar-refractivity contribution in [2.24, 2.45) is 0 Å². The molecule has 0 aromatic heterocycles. The van der Waals surface area contributed by atoms with Gasteiger partial charge < -0.3 is 4.74 Å². The molecule has 2 aromatic rings. The number of hydrogen-bond donors (Lipinski definition) is 0. The maximum absolute atomic E-state index is 11.9. The average molecular weight is 204 g/mol. The molecule has 15 heavy (non-hydrogen) atoms. The summed E-state index contributed by atoms with van der Waals surface area (Å²) in [5.74, 6) is -0.498. The van der Waals surface area contributed by atoms with Crippen LogP contribution in [0.25, 0.3) is 10.8 Å². The Hall–Kier alpha value is -1.90. The van der Waals surface area contributed by atoms with Crippen LogP contribution in [0, 0.1) is 0 Å². The van der Waals surface area contributed by atoms with Gasteiger partial charge in [0.05, 0.1) is 0 Å². The third-order valence-electron chi connectivity index (χ3n) is 2.06. The minimum atomic E-state index is -1.10. The fraction of sp³-hybridized carbons (Fsp3) is 0.0833. The molecule has 0 amide bonds. The highest BCUT2D eigenvalue weighted by Gasteiger charge is 2.03. The van der Waals surface area contributed by atoms with Crippen molar-refractivity contribution in [2.45, 2.75) is 0 Å². The molecule has 0 bridgehead atoms. The van der Waals surface area contributed by atoms with E-state index in [1.807, 2.05) is 30.3 Å². The maximum atomic E-state index is 11.9. The van der Waals surface area contributed by atoms with Crippen molar-refractivity contribution in [3.8, 4) is 5.75 Å². The number of halogens is 1. The van der Waals surface area contributed by atoms with Crippen LogP contribution >= 0.6 is 0 Å². The normalized spacial score (nSPS) is 10.2. The highest BCUT2D eigenvalue weighted by atomic mass is 19.1. The first-order valence-corrected chi connectivity index (χ1v) is 4.55. The molecule has 0 unspecified atom stereocenters. The van der Waals surface area contributed by atoms with Crippen LogP contribution in [0.15, 0.2) is 42.5 Å². The number of esters is 1. The van der Waals surface area contributed by atoms with Crippen LogP contribution in [0.5, 0.6) is 5.75 Å². The van der Waals surface area contributed by atoms with E-state index in [0.29, 0.717) is 5.75 Å². The molecule has 0 spiro atoms. The zero-order chi connectivity index (χ0) is 10.7. The van der Waals surface area contributed by atoms with Crippen LogP contribution in [0.1, 0.15) is 0 Å². The van der Waals surface area contributed by atoms with Crippen LogP contribution in [0.3, 0.4) is 0 Å². The third-order valence-corrected chi connectivity index (χ3v) is 2.06. The van der Waals surface area contributed by atoms with Crippen molar-refractivity contribution in [3.63, 3.8) is 0 Å². The lowest BCUT2D eigenvalue weighted by Gasteiger charge is -2.03. The SMILES string of the molecule is O=C(CF)Oc1ccc2ccccc2c1. The maximum Gasteiger partial charge on any atom is 0.342 e. The van der Waals surface area contributed by atoms with Crippen LogP contribution in [0.4, 0.5) is 4.39 Å². The van der Waals surface area contributed by atoms with E-state index in [1.54, 1.807) is 12.1 Å². The van der Waals surface area contributed by atoms with E-state index in [2.05, 4.69) is 0 Å². The quantitative estimate of drug-likeness (QED) is 0.555. The predicted molar refractivity (Wildman–Crippen MR) is 55.6 cm³/mol. The van der Waals surface area contributed by atoms with Crippen LogP contribution in [0.2, 0.25) is 0 Å². The Kier molecular flexibility index (Phi) is 2.63. The summed E-state index contributed by atoms with van der Waals surface area (Å²) >= 11 is 0. The standard InChI is InChI=1S/C12H9FO2/c13-8-12(14)15-11-6-5-9-3-1-2-4-10(9)7-11/h1-7H,8H2. The second-order valence-electron chi connectivity index (χ2n) is 3.12. The van der Waals surface area contributed by atoms with Crippen LogP contribution in [-0.4, -0.2) is 12.6 Å². The van der Waals surface area contributed by atoms with E-state index in [-0.39, 0.29) is 0 Å². The van der Waals surface area contributed by atoms with Crippen molar-refractivity contribution in [2.75, 3.05) is 6.67 Å². The molecule has 0 aliphatic heterocycles. The Morgan fingerprint density at radius 1 is 1.13 bits per heavy atom. The zero-order valence-electron chi connectivity index (χ0n) is 7.94. The minimum Gasteiger partial charge on any atom is -0.425 e. The number of hydrogen-bond acceptors (Lipinski definition) is 2. The largest absolute Gasteiger partial charge is 0.425 e. The van der Waals surface area contributed by atoms with Gasteiger partial charge in [0.2, 0.25) is 0 Å². The van der Waals surface area contributed by atoms with Crippen molar-refractivity contribution in [1.29, 1.82) is 0 Å². The van der Waals surface area contributed by atoms with E-state index in [4.69, 9.17) is 4.74 Å². The number of alkyl halides is 1. The molecule has 0 saturated heterocycles. The van der Waals surface area contributed by atoms with Gasteiger partial charge in [-0.15, -0.1) is 0 Å². The summed E-state index contributed by atoms with van der Waals surface area (Å²) < 4.78 is 16.7. The first-order chi connectivity index (χ1) is 7.29. The second kappa shape index (κ2) is 4.09. The van der Waals surface area contributed by atoms with Gasteiger partial charge in [0.25, 0.3) is 0 Å².